The van der Waals surface area contributed by atoms with E-state index in [1.165, 1.54) is 10.4 Å². The zero-order chi connectivity index (χ0) is 26.6. The Morgan fingerprint density at radius 1 is 0.944 bits per heavy atom. The van der Waals surface area contributed by atoms with Crippen LogP contribution in [-0.2, 0) is 13.9 Å². The van der Waals surface area contributed by atoms with Gasteiger partial charge < -0.3 is 19.0 Å². The van der Waals surface area contributed by atoms with Crippen LogP contribution in [0.4, 0.5) is 0 Å². The summed E-state index contributed by atoms with van der Waals surface area (Å²) in [6.07, 6.45) is 2.19. The highest BCUT2D eigenvalue weighted by Gasteiger charge is 2.51. The first kappa shape index (κ1) is 30.0. The van der Waals surface area contributed by atoms with Crippen LogP contribution in [0.1, 0.15) is 53.4 Å². The summed E-state index contributed by atoms with van der Waals surface area (Å²) in [6, 6.07) is 21.1. The van der Waals surface area contributed by atoms with Gasteiger partial charge in [0.15, 0.2) is 6.29 Å². The SMILES string of the molecule is C=C(C)[C@@H](CCC#CC(CCO)O[Si](c1ccccc1)(c1ccccc1)C(C)(C)C)CC(OC)OC. The second-order valence-corrected chi connectivity index (χ2v) is 14.6. The molecule has 0 aromatic heterocycles. The third-order valence-corrected chi connectivity index (χ3v) is 11.8. The molecule has 0 amide bonds. The van der Waals surface area contributed by atoms with E-state index in [1.807, 2.05) is 19.1 Å². The number of rotatable bonds is 13. The first-order chi connectivity index (χ1) is 17.2. The number of hydrogen-bond donors (Lipinski definition) is 1. The van der Waals surface area contributed by atoms with Crippen molar-refractivity contribution in [3.63, 3.8) is 0 Å². The van der Waals surface area contributed by atoms with Gasteiger partial charge in [-0.3, -0.25) is 0 Å². The maximum Gasteiger partial charge on any atom is 0.262 e. The maximum atomic E-state index is 9.88. The van der Waals surface area contributed by atoms with E-state index in [4.69, 9.17) is 13.9 Å². The summed E-state index contributed by atoms with van der Waals surface area (Å²) in [7, 11) is 0.574. The van der Waals surface area contributed by atoms with Crippen LogP contribution in [-0.4, -0.2) is 46.6 Å². The van der Waals surface area contributed by atoms with Gasteiger partial charge >= 0.3 is 0 Å². The molecule has 2 aromatic rings. The third-order valence-electron chi connectivity index (χ3n) is 6.71. The van der Waals surface area contributed by atoms with Gasteiger partial charge in [0.25, 0.3) is 8.32 Å². The van der Waals surface area contributed by atoms with E-state index in [1.54, 1.807) is 14.2 Å². The van der Waals surface area contributed by atoms with Crippen LogP contribution in [0.3, 0.4) is 0 Å². The second kappa shape index (κ2) is 14.5. The van der Waals surface area contributed by atoms with Crippen molar-refractivity contribution >= 4 is 18.7 Å². The zero-order valence-electron chi connectivity index (χ0n) is 22.9. The van der Waals surface area contributed by atoms with Gasteiger partial charge in [-0.2, -0.15) is 0 Å². The molecule has 0 radical (unpaired) electrons. The van der Waals surface area contributed by atoms with Crippen molar-refractivity contribution < 1.29 is 19.0 Å². The topological polar surface area (TPSA) is 47.9 Å². The summed E-state index contributed by atoms with van der Waals surface area (Å²) in [5.74, 6) is 6.99. The van der Waals surface area contributed by atoms with E-state index in [-0.39, 0.29) is 30.0 Å². The van der Waals surface area contributed by atoms with Crippen molar-refractivity contribution in [1.82, 2.24) is 0 Å². The van der Waals surface area contributed by atoms with Gasteiger partial charge in [-0.1, -0.05) is 99.5 Å². The monoisotopic (exact) mass is 508 g/mol. The molecule has 36 heavy (non-hydrogen) atoms. The fraction of sp³-hybridized carbons (Fsp3) is 0.484. The Hall–Kier alpha value is -2.20. The molecule has 0 heterocycles. The zero-order valence-corrected chi connectivity index (χ0v) is 23.9. The summed E-state index contributed by atoms with van der Waals surface area (Å²) in [5.41, 5.74) is 1.10. The predicted octanol–water partition coefficient (Wildman–Crippen LogP) is 5.30. The minimum Gasteiger partial charge on any atom is -0.396 e. The van der Waals surface area contributed by atoms with Crippen LogP contribution in [0, 0.1) is 17.8 Å². The Labute approximate surface area is 219 Å². The lowest BCUT2D eigenvalue weighted by atomic mass is 9.92. The number of aliphatic hydroxyl groups excluding tert-OH is 1. The highest BCUT2D eigenvalue weighted by Crippen LogP contribution is 2.37. The molecule has 0 aliphatic carbocycles. The van der Waals surface area contributed by atoms with Gasteiger partial charge in [-0.25, -0.2) is 0 Å². The Morgan fingerprint density at radius 2 is 1.47 bits per heavy atom. The molecule has 0 fully saturated rings. The first-order valence-electron chi connectivity index (χ1n) is 12.8. The van der Waals surface area contributed by atoms with E-state index >= 15 is 0 Å². The summed E-state index contributed by atoms with van der Waals surface area (Å²) >= 11 is 0. The summed E-state index contributed by atoms with van der Waals surface area (Å²) in [5, 5.41) is 12.1. The van der Waals surface area contributed by atoms with Gasteiger partial charge in [0, 0.05) is 40.1 Å². The number of hydrogen-bond acceptors (Lipinski definition) is 4. The largest absolute Gasteiger partial charge is 0.396 e. The van der Waals surface area contributed by atoms with E-state index < -0.39 is 8.32 Å². The highest BCUT2D eigenvalue weighted by atomic mass is 28.4. The summed E-state index contributed by atoms with van der Waals surface area (Å²) < 4.78 is 17.9. The smallest absolute Gasteiger partial charge is 0.262 e. The molecule has 0 spiro atoms. The molecule has 4 nitrogen and oxygen atoms in total. The molecule has 196 valence electrons. The lowest BCUT2D eigenvalue weighted by molar-refractivity contribution is -0.112. The lowest BCUT2D eigenvalue weighted by Crippen LogP contribution is -2.67. The molecular formula is C31H44O4Si. The van der Waals surface area contributed by atoms with Crippen LogP contribution in [0.2, 0.25) is 5.04 Å². The van der Waals surface area contributed by atoms with E-state index in [2.05, 4.69) is 87.7 Å². The molecule has 1 N–H and O–H groups in total. The van der Waals surface area contributed by atoms with E-state index in [0.717, 1.165) is 18.4 Å². The fourth-order valence-electron chi connectivity index (χ4n) is 4.70. The predicted molar refractivity (Wildman–Crippen MR) is 152 cm³/mol. The molecule has 2 aromatic carbocycles. The van der Waals surface area contributed by atoms with Crippen LogP contribution in [0.15, 0.2) is 72.8 Å². The van der Waals surface area contributed by atoms with Crippen LogP contribution >= 0.6 is 0 Å². The number of aliphatic hydroxyl groups is 1. The maximum absolute atomic E-state index is 9.88. The molecular weight excluding hydrogens is 464 g/mol. The van der Waals surface area contributed by atoms with Gasteiger partial charge in [0.05, 0.1) is 0 Å². The Bertz CT molecular complexity index is 929. The van der Waals surface area contributed by atoms with Crippen molar-refractivity contribution in [2.24, 2.45) is 5.92 Å². The molecule has 0 saturated heterocycles. The van der Waals surface area contributed by atoms with Gasteiger partial charge in [0.2, 0.25) is 0 Å². The van der Waals surface area contributed by atoms with Gasteiger partial charge in [-0.15, -0.1) is 5.92 Å². The Kier molecular flexibility index (Phi) is 12.1. The number of allylic oxidation sites excluding steroid dienone is 1. The Balaban J connectivity index is 2.36. The molecule has 0 bridgehead atoms. The van der Waals surface area contributed by atoms with E-state index in [0.29, 0.717) is 12.8 Å². The number of benzene rings is 2. The van der Waals surface area contributed by atoms with Crippen molar-refractivity contribution in [1.29, 1.82) is 0 Å². The number of methoxy groups -OCH3 is 2. The third kappa shape index (κ3) is 7.90. The molecule has 2 atom stereocenters. The Morgan fingerprint density at radius 3 is 1.89 bits per heavy atom. The van der Waals surface area contributed by atoms with Gasteiger partial charge in [-0.05, 0) is 34.7 Å². The highest BCUT2D eigenvalue weighted by molar-refractivity contribution is 6.99. The van der Waals surface area contributed by atoms with E-state index in [9.17, 15) is 5.11 Å². The van der Waals surface area contributed by atoms with Crippen molar-refractivity contribution in [3.05, 3.63) is 72.8 Å². The fourth-order valence-corrected chi connectivity index (χ4v) is 9.32. The molecule has 5 heteroatoms. The molecule has 0 saturated carbocycles. The average Bonchev–Trinajstić information content (AvgIpc) is 2.86. The molecule has 0 aliphatic rings. The summed E-state index contributed by atoms with van der Waals surface area (Å²) in [6.45, 7) is 13.0. The molecule has 2 rings (SSSR count). The summed E-state index contributed by atoms with van der Waals surface area (Å²) in [4.78, 5) is 0. The molecule has 0 aliphatic heterocycles. The minimum atomic E-state index is -2.74. The lowest BCUT2D eigenvalue weighted by Gasteiger charge is -2.44. The van der Waals surface area contributed by atoms with Crippen LogP contribution < -0.4 is 10.4 Å². The van der Waals surface area contributed by atoms with Crippen molar-refractivity contribution in [2.45, 2.75) is 70.8 Å². The minimum absolute atomic E-state index is 0.0231. The standard InChI is InChI=1S/C31H44O4Si/c1-25(2)26(24-30(33-6)34-7)16-14-15-17-27(22-23-32)35-36(31(3,4)5,28-18-10-8-11-19-28)29-20-12-9-13-21-29/h8-13,18-21,26-27,30,32H,1,14,16,22-24H2,2-7H3/t26-,27?/m0/s1. The van der Waals surface area contributed by atoms with Gasteiger partial charge in [0.1, 0.15) is 6.10 Å². The van der Waals surface area contributed by atoms with Crippen LogP contribution in [0.5, 0.6) is 0 Å². The average molecular weight is 509 g/mol. The van der Waals surface area contributed by atoms with Crippen molar-refractivity contribution in [3.8, 4) is 11.8 Å². The second-order valence-electron chi connectivity index (χ2n) is 10.3. The molecule has 1 unspecified atom stereocenters. The first-order valence-corrected chi connectivity index (χ1v) is 14.7. The normalized spacial score (nSPS) is 13.7. The quantitative estimate of drug-likeness (QED) is 0.173. The van der Waals surface area contributed by atoms with Crippen molar-refractivity contribution in [2.75, 3.05) is 20.8 Å². The number of ether oxygens (including phenoxy) is 2. The van der Waals surface area contributed by atoms with Crippen LogP contribution in [0.25, 0.3) is 0 Å².